The Bertz CT molecular complexity index is 601. The molecule has 6 heteroatoms. The van der Waals surface area contributed by atoms with E-state index in [-0.39, 0.29) is 11.1 Å². The van der Waals surface area contributed by atoms with E-state index in [1.165, 1.54) is 20.2 Å². The van der Waals surface area contributed by atoms with Crippen molar-refractivity contribution in [1.82, 2.24) is 4.90 Å². The summed E-state index contributed by atoms with van der Waals surface area (Å²) in [6.45, 7) is 6.87. The molecule has 0 unspecified atom stereocenters. The predicted octanol–water partition coefficient (Wildman–Crippen LogP) is 2.79. The van der Waals surface area contributed by atoms with Crippen LogP contribution >= 0.6 is 0 Å². The molecule has 0 aromatic heterocycles. The van der Waals surface area contributed by atoms with Crippen LogP contribution in [0.1, 0.15) is 47.1 Å². The summed E-state index contributed by atoms with van der Waals surface area (Å²) in [5, 5.41) is 0. The quantitative estimate of drug-likeness (QED) is 0.786. The van der Waals surface area contributed by atoms with Crippen LogP contribution in [0.5, 0.6) is 0 Å². The Balaban J connectivity index is 3.03. The number of hydrogen-bond donors (Lipinski definition) is 0. The predicted molar refractivity (Wildman–Crippen MR) is 80.8 cm³/mol. The normalized spacial score (nSPS) is 10.8. The number of amides is 2. The summed E-state index contributed by atoms with van der Waals surface area (Å²) in [7, 11) is 2.59. The van der Waals surface area contributed by atoms with E-state index in [0.717, 1.165) is 4.90 Å². The maximum Gasteiger partial charge on any atom is 0.417 e. The first-order valence-electron chi connectivity index (χ1n) is 6.77. The lowest BCUT2D eigenvalue weighted by atomic mass is 10.0. The van der Waals surface area contributed by atoms with Gasteiger partial charge in [-0.3, -0.25) is 4.79 Å². The van der Waals surface area contributed by atoms with Crippen LogP contribution < -0.4 is 0 Å². The van der Waals surface area contributed by atoms with Gasteiger partial charge < -0.3 is 9.47 Å². The second kappa shape index (κ2) is 6.60. The minimum Gasteiger partial charge on any atom is -0.465 e. The second-order valence-corrected chi connectivity index (χ2v) is 5.87. The molecule has 2 amide bonds. The summed E-state index contributed by atoms with van der Waals surface area (Å²) in [5.41, 5.74) is 0.476. The van der Waals surface area contributed by atoms with Crippen molar-refractivity contribution in [3.8, 4) is 0 Å². The lowest BCUT2D eigenvalue weighted by Crippen LogP contribution is -2.38. The molecule has 0 aliphatic rings. The number of aryl methyl sites for hydroxylation is 1. The molecule has 1 rings (SSSR count). The van der Waals surface area contributed by atoms with Crippen molar-refractivity contribution < 1.29 is 23.9 Å². The summed E-state index contributed by atoms with van der Waals surface area (Å²) in [5.74, 6) is -1.09. The number of ether oxygens (including phenoxy) is 2. The van der Waals surface area contributed by atoms with Gasteiger partial charge in [0, 0.05) is 12.6 Å². The van der Waals surface area contributed by atoms with Crippen LogP contribution in [-0.4, -0.2) is 42.6 Å². The van der Waals surface area contributed by atoms with E-state index in [4.69, 9.17) is 4.74 Å². The summed E-state index contributed by atoms with van der Waals surface area (Å²) in [4.78, 5) is 36.8. The van der Waals surface area contributed by atoms with Crippen LogP contribution in [-0.2, 0) is 9.47 Å². The highest BCUT2D eigenvalue weighted by molar-refractivity contribution is 6.04. The molecule has 0 heterocycles. The van der Waals surface area contributed by atoms with Gasteiger partial charge in [0.2, 0.25) is 0 Å². The van der Waals surface area contributed by atoms with Gasteiger partial charge in [-0.2, -0.15) is 0 Å². The summed E-state index contributed by atoms with van der Waals surface area (Å²) < 4.78 is 9.81. The molecule has 0 fully saturated rings. The molecule has 0 atom stereocenters. The maximum absolute atomic E-state index is 12.3. The molecule has 0 radical (unpaired) electrons. The largest absolute Gasteiger partial charge is 0.465 e. The van der Waals surface area contributed by atoms with Crippen molar-refractivity contribution in [2.24, 2.45) is 0 Å². The van der Waals surface area contributed by atoms with Gasteiger partial charge in [0.1, 0.15) is 5.60 Å². The van der Waals surface area contributed by atoms with E-state index in [2.05, 4.69) is 4.74 Å². The maximum atomic E-state index is 12.3. The molecule has 1 aromatic carbocycles. The van der Waals surface area contributed by atoms with Crippen molar-refractivity contribution in [3.63, 3.8) is 0 Å². The van der Waals surface area contributed by atoms with Gasteiger partial charge in [0.25, 0.3) is 5.91 Å². The zero-order valence-corrected chi connectivity index (χ0v) is 13.7. The Kier molecular flexibility index (Phi) is 5.30. The lowest BCUT2D eigenvalue weighted by Gasteiger charge is -2.23. The fraction of sp³-hybridized carbons (Fsp3) is 0.438. The van der Waals surface area contributed by atoms with E-state index in [1.54, 1.807) is 39.8 Å². The molecular weight excluding hydrogens is 286 g/mol. The van der Waals surface area contributed by atoms with Crippen LogP contribution in [0.15, 0.2) is 18.2 Å². The Morgan fingerprint density at radius 2 is 1.73 bits per heavy atom. The van der Waals surface area contributed by atoms with Gasteiger partial charge in [-0.05, 0) is 45.4 Å². The van der Waals surface area contributed by atoms with Crippen LogP contribution in [0.4, 0.5) is 4.79 Å². The van der Waals surface area contributed by atoms with E-state index in [1.807, 2.05) is 0 Å². The summed E-state index contributed by atoms with van der Waals surface area (Å²) >= 11 is 0. The number of hydrogen-bond acceptors (Lipinski definition) is 5. The minimum absolute atomic E-state index is 0.208. The van der Waals surface area contributed by atoms with Gasteiger partial charge in [0.05, 0.1) is 12.7 Å². The topological polar surface area (TPSA) is 72.9 Å². The van der Waals surface area contributed by atoms with E-state index >= 15 is 0 Å². The average molecular weight is 307 g/mol. The van der Waals surface area contributed by atoms with Crippen molar-refractivity contribution >= 4 is 18.0 Å². The highest BCUT2D eigenvalue weighted by Gasteiger charge is 2.25. The van der Waals surface area contributed by atoms with Gasteiger partial charge in [-0.15, -0.1) is 0 Å². The first-order valence-corrected chi connectivity index (χ1v) is 6.77. The number of esters is 1. The smallest absolute Gasteiger partial charge is 0.417 e. The molecule has 1 aromatic rings. The molecule has 0 bridgehead atoms. The zero-order valence-electron chi connectivity index (χ0n) is 13.7. The first-order chi connectivity index (χ1) is 10.1. The molecule has 120 valence electrons. The van der Waals surface area contributed by atoms with Crippen LogP contribution in [0.3, 0.4) is 0 Å². The molecule has 0 spiro atoms. The summed E-state index contributed by atoms with van der Waals surface area (Å²) in [6.07, 6.45) is -0.752. The SMILES string of the molecule is COC(=O)c1cc(C(=O)N(C)C(=O)OC(C)(C)C)ccc1C. The Hall–Kier alpha value is -2.37. The van der Waals surface area contributed by atoms with Crippen LogP contribution in [0.2, 0.25) is 0 Å². The molecule has 0 saturated heterocycles. The fourth-order valence-electron chi connectivity index (χ4n) is 1.69. The molecule has 0 aliphatic carbocycles. The molecule has 22 heavy (non-hydrogen) atoms. The standard InChI is InChI=1S/C16H21NO5/c1-10-7-8-11(9-12(10)14(19)21-6)13(18)17(5)15(20)22-16(2,3)4/h7-9H,1-6H3. The third-order valence-electron chi connectivity index (χ3n) is 2.86. The number of benzene rings is 1. The minimum atomic E-state index is -0.752. The average Bonchev–Trinajstić information content (AvgIpc) is 2.43. The number of carbonyl (C=O) groups is 3. The van der Waals surface area contributed by atoms with Gasteiger partial charge >= 0.3 is 12.1 Å². The molecule has 0 N–H and O–H groups in total. The third kappa shape index (κ3) is 4.31. The monoisotopic (exact) mass is 307 g/mol. The Morgan fingerprint density at radius 3 is 2.23 bits per heavy atom. The number of methoxy groups -OCH3 is 1. The van der Waals surface area contributed by atoms with Crippen molar-refractivity contribution in [3.05, 3.63) is 34.9 Å². The Morgan fingerprint density at radius 1 is 1.14 bits per heavy atom. The summed E-state index contributed by atoms with van der Waals surface area (Å²) in [6, 6.07) is 4.58. The molecule has 6 nitrogen and oxygen atoms in total. The van der Waals surface area contributed by atoms with Crippen molar-refractivity contribution in [2.75, 3.05) is 14.2 Å². The van der Waals surface area contributed by atoms with Crippen LogP contribution in [0, 0.1) is 6.92 Å². The molecule has 0 aliphatic heterocycles. The number of carbonyl (C=O) groups excluding carboxylic acids is 3. The second-order valence-electron chi connectivity index (χ2n) is 5.87. The number of imide groups is 1. The van der Waals surface area contributed by atoms with E-state index < -0.39 is 23.6 Å². The fourth-order valence-corrected chi connectivity index (χ4v) is 1.69. The third-order valence-corrected chi connectivity index (χ3v) is 2.86. The lowest BCUT2D eigenvalue weighted by molar-refractivity contribution is 0.0284. The zero-order chi connectivity index (χ0) is 17.1. The first kappa shape index (κ1) is 17.7. The highest BCUT2D eigenvalue weighted by Crippen LogP contribution is 2.15. The van der Waals surface area contributed by atoms with Crippen LogP contribution in [0.25, 0.3) is 0 Å². The number of nitrogens with zero attached hydrogens (tertiary/aromatic N) is 1. The highest BCUT2D eigenvalue weighted by atomic mass is 16.6. The molecular formula is C16H21NO5. The van der Waals surface area contributed by atoms with E-state index in [0.29, 0.717) is 5.56 Å². The van der Waals surface area contributed by atoms with Crippen molar-refractivity contribution in [1.29, 1.82) is 0 Å². The van der Waals surface area contributed by atoms with Gasteiger partial charge in [-0.25, -0.2) is 14.5 Å². The van der Waals surface area contributed by atoms with Gasteiger partial charge in [-0.1, -0.05) is 6.07 Å². The van der Waals surface area contributed by atoms with E-state index in [9.17, 15) is 14.4 Å². The van der Waals surface area contributed by atoms with Crippen molar-refractivity contribution in [2.45, 2.75) is 33.3 Å². The Labute approximate surface area is 130 Å². The number of rotatable bonds is 2. The van der Waals surface area contributed by atoms with Gasteiger partial charge in [0.15, 0.2) is 0 Å². The molecule has 0 saturated carbocycles.